The Bertz CT molecular complexity index is 411. The first-order valence-corrected chi connectivity index (χ1v) is 7.26. The number of nitrogens with one attached hydrogen (secondary N) is 2. The van der Waals surface area contributed by atoms with E-state index in [-0.39, 0.29) is 5.82 Å². The van der Waals surface area contributed by atoms with Crippen molar-refractivity contribution in [1.82, 2.24) is 10.6 Å². The Morgan fingerprint density at radius 1 is 1.16 bits per heavy atom. The van der Waals surface area contributed by atoms with E-state index in [4.69, 9.17) is 0 Å². The van der Waals surface area contributed by atoms with Crippen LogP contribution in [0.5, 0.6) is 0 Å². The van der Waals surface area contributed by atoms with Crippen LogP contribution in [-0.4, -0.2) is 20.1 Å². The second-order valence-corrected chi connectivity index (χ2v) is 5.68. The third kappa shape index (κ3) is 3.34. The maximum atomic E-state index is 13.4. The van der Waals surface area contributed by atoms with Crippen molar-refractivity contribution < 1.29 is 4.39 Å². The fourth-order valence-electron chi connectivity index (χ4n) is 3.28. The molecule has 2 rings (SSSR count). The highest BCUT2D eigenvalue weighted by atomic mass is 19.1. The molecular weight excluding hydrogens is 239 g/mol. The second-order valence-electron chi connectivity index (χ2n) is 5.68. The predicted octanol–water partition coefficient (Wildman–Crippen LogP) is 3.17. The van der Waals surface area contributed by atoms with E-state index in [2.05, 4.69) is 10.6 Å². The van der Waals surface area contributed by atoms with E-state index in [0.717, 1.165) is 5.56 Å². The molecule has 2 N–H and O–H groups in total. The summed E-state index contributed by atoms with van der Waals surface area (Å²) in [6, 6.07) is 6.52. The van der Waals surface area contributed by atoms with Gasteiger partial charge in [-0.2, -0.15) is 0 Å². The molecule has 0 amide bonds. The van der Waals surface area contributed by atoms with Crippen LogP contribution < -0.4 is 10.6 Å². The lowest BCUT2D eigenvalue weighted by atomic mass is 9.79. The molecule has 1 aliphatic rings. The van der Waals surface area contributed by atoms with Crippen LogP contribution in [0, 0.1) is 18.7 Å². The molecule has 1 aromatic carbocycles. The van der Waals surface area contributed by atoms with Gasteiger partial charge in [0.1, 0.15) is 5.82 Å². The summed E-state index contributed by atoms with van der Waals surface area (Å²) in [5.41, 5.74) is 1.95. The molecule has 19 heavy (non-hydrogen) atoms. The van der Waals surface area contributed by atoms with Crippen LogP contribution in [0.25, 0.3) is 0 Å². The zero-order valence-electron chi connectivity index (χ0n) is 12.2. The SMILES string of the molecule is CNC1CCC(C(NC)c2ccc(F)c(C)c2)CC1. The Kier molecular flexibility index (Phi) is 4.94. The van der Waals surface area contributed by atoms with Crippen LogP contribution in [-0.2, 0) is 0 Å². The standard InChI is InChI=1S/C16H25FN2/c1-11-10-13(6-9-15(11)17)16(19-3)12-4-7-14(18-2)8-5-12/h6,9-10,12,14,16,18-19H,4-5,7-8H2,1-3H3. The van der Waals surface area contributed by atoms with Crippen molar-refractivity contribution in [3.63, 3.8) is 0 Å². The molecule has 1 unspecified atom stereocenters. The van der Waals surface area contributed by atoms with Gasteiger partial charge >= 0.3 is 0 Å². The fourth-order valence-corrected chi connectivity index (χ4v) is 3.28. The van der Waals surface area contributed by atoms with E-state index < -0.39 is 0 Å². The lowest BCUT2D eigenvalue weighted by Crippen LogP contribution is -2.34. The minimum absolute atomic E-state index is 0.113. The summed E-state index contributed by atoms with van der Waals surface area (Å²) in [5.74, 6) is 0.539. The molecule has 106 valence electrons. The van der Waals surface area contributed by atoms with Gasteiger partial charge in [0.2, 0.25) is 0 Å². The largest absolute Gasteiger partial charge is 0.317 e. The van der Waals surface area contributed by atoms with E-state index in [1.165, 1.54) is 31.2 Å². The third-order valence-corrected chi connectivity index (χ3v) is 4.50. The summed E-state index contributed by atoms with van der Waals surface area (Å²) in [4.78, 5) is 0. The maximum Gasteiger partial charge on any atom is 0.126 e. The highest BCUT2D eigenvalue weighted by Crippen LogP contribution is 2.34. The van der Waals surface area contributed by atoms with Gasteiger partial charge in [0.15, 0.2) is 0 Å². The first-order chi connectivity index (χ1) is 9.15. The number of halogens is 1. The van der Waals surface area contributed by atoms with E-state index in [1.54, 1.807) is 6.07 Å². The van der Waals surface area contributed by atoms with Crippen molar-refractivity contribution in [2.45, 2.75) is 44.7 Å². The van der Waals surface area contributed by atoms with E-state index >= 15 is 0 Å². The molecule has 1 saturated carbocycles. The van der Waals surface area contributed by atoms with Gasteiger partial charge in [0.25, 0.3) is 0 Å². The molecule has 0 radical (unpaired) electrons. The van der Waals surface area contributed by atoms with Gasteiger partial charge in [-0.25, -0.2) is 4.39 Å². The zero-order valence-corrected chi connectivity index (χ0v) is 12.2. The molecule has 1 aliphatic carbocycles. The molecule has 0 aromatic heterocycles. The molecule has 0 bridgehead atoms. The monoisotopic (exact) mass is 264 g/mol. The summed E-state index contributed by atoms with van der Waals surface area (Å²) in [6.45, 7) is 1.84. The quantitative estimate of drug-likeness (QED) is 0.873. The Morgan fingerprint density at radius 2 is 1.84 bits per heavy atom. The van der Waals surface area contributed by atoms with Crippen LogP contribution in [0.4, 0.5) is 4.39 Å². The molecule has 0 saturated heterocycles. The predicted molar refractivity (Wildman–Crippen MR) is 77.7 cm³/mol. The van der Waals surface area contributed by atoms with Crippen molar-refractivity contribution in [2.75, 3.05) is 14.1 Å². The Hall–Kier alpha value is -0.930. The Labute approximate surface area is 115 Å². The average Bonchev–Trinajstić information content (AvgIpc) is 2.44. The zero-order chi connectivity index (χ0) is 13.8. The molecule has 1 fully saturated rings. The van der Waals surface area contributed by atoms with Crippen LogP contribution >= 0.6 is 0 Å². The van der Waals surface area contributed by atoms with Gasteiger partial charge in [-0.15, -0.1) is 0 Å². The molecule has 3 heteroatoms. The normalized spacial score (nSPS) is 25.3. The highest BCUT2D eigenvalue weighted by molar-refractivity contribution is 5.27. The van der Waals surface area contributed by atoms with Crippen LogP contribution in [0.15, 0.2) is 18.2 Å². The number of hydrogen-bond donors (Lipinski definition) is 2. The second kappa shape index (κ2) is 6.49. The summed E-state index contributed by atoms with van der Waals surface area (Å²) in [6.07, 6.45) is 4.93. The van der Waals surface area contributed by atoms with Crippen molar-refractivity contribution in [2.24, 2.45) is 5.92 Å². The van der Waals surface area contributed by atoms with Gasteiger partial charge in [0.05, 0.1) is 0 Å². The molecule has 1 atom stereocenters. The molecule has 0 aliphatic heterocycles. The first-order valence-electron chi connectivity index (χ1n) is 7.26. The summed E-state index contributed by atoms with van der Waals surface area (Å²) in [5, 5.41) is 6.79. The third-order valence-electron chi connectivity index (χ3n) is 4.50. The number of aryl methyl sites for hydroxylation is 1. The van der Waals surface area contributed by atoms with Crippen LogP contribution in [0.2, 0.25) is 0 Å². The lowest BCUT2D eigenvalue weighted by molar-refractivity contribution is 0.247. The van der Waals surface area contributed by atoms with Gasteiger partial charge in [-0.3, -0.25) is 0 Å². The Morgan fingerprint density at radius 3 is 2.37 bits per heavy atom. The minimum Gasteiger partial charge on any atom is -0.317 e. The molecular formula is C16H25FN2. The van der Waals surface area contributed by atoms with E-state index in [1.807, 2.05) is 33.2 Å². The average molecular weight is 264 g/mol. The molecule has 1 aromatic rings. The summed E-state index contributed by atoms with van der Waals surface area (Å²) in [7, 11) is 4.05. The lowest BCUT2D eigenvalue weighted by Gasteiger charge is -2.34. The smallest absolute Gasteiger partial charge is 0.126 e. The van der Waals surface area contributed by atoms with E-state index in [9.17, 15) is 4.39 Å². The van der Waals surface area contributed by atoms with Gasteiger partial charge in [0, 0.05) is 12.1 Å². The topological polar surface area (TPSA) is 24.1 Å². The molecule has 0 heterocycles. The first kappa shape index (κ1) is 14.5. The van der Waals surface area contributed by atoms with Gasteiger partial charge in [-0.05, 0) is 69.8 Å². The van der Waals surface area contributed by atoms with Gasteiger partial charge in [-0.1, -0.05) is 12.1 Å². The van der Waals surface area contributed by atoms with Crippen molar-refractivity contribution in [1.29, 1.82) is 0 Å². The number of hydrogen-bond acceptors (Lipinski definition) is 2. The Balaban J connectivity index is 2.09. The highest BCUT2D eigenvalue weighted by Gasteiger charge is 2.27. The van der Waals surface area contributed by atoms with Gasteiger partial charge < -0.3 is 10.6 Å². The van der Waals surface area contributed by atoms with Crippen molar-refractivity contribution in [3.8, 4) is 0 Å². The van der Waals surface area contributed by atoms with Crippen molar-refractivity contribution in [3.05, 3.63) is 35.1 Å². The number of benzene rings is 1. The van der Waals surface area contributed by atoms with Crippen LogP contribution in [0.1, 0.15) is 42.9 Å². The minimum atomic E-state index is -0.113. The maximum absolute atomic E-state index is 13.4. The summed E-state index contributed by atoms with van der Waals surface area (Å²) < 4.78 is 13.4. The molecule has 0 spiro atoms. The molecule has 2 nitrogen and oxygen atoms in total. The van der Waals surface area contributed by atoms with Crippen molar-refractivity contribution >= 4 is 0 Å². The fraction of sp³-hybridized carbons (Fsp3) is 0.625. The number of rotatable bonds is 4. The van der Waals surface area contributed by atoms with Crippen LogP contribution in [0.3, 0.4) is 0 Å². The van der Waals surface area contributed by atoms with E-state index in [0.29, 0.717) is 18.0 Å². The summed E-state index contributed by atoms with van der Waals surface area (Å²) >= 11 is 0.